The minimum Gasteiger partial charge on any atom is -0.480 e. The van der Waals surface area contributed by atoms with Crippen LogP contribution in [0.2, 0.25) is 10.0 Å². The molecule has 0 bridgehead atoms. The van der Waals surface area contributed by atoms with E-state index in [9.17, 15) is 19.5 Å². The number of amides is 2. The van der Waals surface area contributed by atoms with Crippen molar-refractivity contribution in [3.05, 3.63) is 75.3 Å². The molecule has 0 saturated carbocycles. The number of nitrogens with zero attached hydrogens (tertiary/aromatic N) is 1. The molecule has 0 aromatic heterocycles. The summed E-state index contributed by atoms with van der Waals surface area (Å²) in [4.78, 5) is 40.5. The van der Waals surface area contributed by atoms with Crippen molar-refractivity contribution in [3.8, 4) is 0 Å². The van der Waals surface area contributed by atoms with Crippen molar-refractivity contribution in [2.45, 2.75) is 44.1 Å². The fraction of sp³-hybridized carbons (Fsp3) is 0.320. The van der Waals surface area contributed by atoms with E-state index in [4.69, 9.17) is 23.2 Å². The molecule has 0 radical (unpaired) electrons. The van der Waals surface area contributed by atoms with Gasteiger partial charge in [-0.15, -0.1) is 0 Å². The molecule has 172 valence electrons. The summed E-state index contributed by atoms with van der Waals surface area (Å²) < 4.78 is 0. The van der Waals surface area contributed by atoms with E-state index in [0.717, 1.165) is 11.1 Å². The smallest absolute Gasteiger partial charge is 0.323 e. The number of carbonyl (C=O) groups excluding carboxylic acids is 2. The number of benzene rings is 2. The standard InChI is InChI=1S/C25H24Cl2N2O4/c1-3-14(4-2)23-25(18-9-8-17(27)11-20(18)28-24(25)33)19(15-6-5-7-16(26)10-15)12-21(30)29(23)13-22(31)32/h3,5-11,19,23H,4,12-13H2,1-2H3,(H,28,33)(H,31,32)/b14-3-/t19-,23+,25-/m0/s1. The number of aliphatic carboxylic acids is 1. The second-order valence-corrected chi connectivity index (χ2v) is 9.23. The molecule has 2 aromatic rings. The number of rotatable bonds is 5. The van der Waals surface area contributed by atoms with E-state index in [1.54, 1.807) is 36.4 Å². The summed E-state index contributed by atoms with van der Waals surface area (Å²) in [5.41, 5.74) is 1.59. The topological polar surface area (TPSA) is 86.7 Å². The van der Waals surface area contributed by atoms with E-state index in [1.807, 2.05) is 26.0 Å². The lowest BCUT2D eigenvalue weighted by atomic mass is 9.58. The van der Waals surface area contributed by atoms with E-state index in [-0.39, 0.29) is 18.2 Å². The normalized spacial score (nSPS) is 24.7. The third kappa shape index (κ3) is 3.71. The molecule has 2 aromatic carbocycles. The Morgan fingerprint density at radius 3 is 2.58 bits per heavy atom. The van der Waals surface area contributed by atoms with Gasteiger partial charge in [0, 0.05) is 28.1 Å². The van der Waals surface area contributed by atoms with Crippen LogP contribution in [0.1, 0.15) is 43.7 Å². The third-order valence-corrected chi connectivity index (χ3v) is 7.20. The lowest BCUT2D eigenvalue weighted by Crippen LogP contribution is -2.64. The number of halogens is 2. The van der Waals surface area contributed by atoms with Gasteiger partial charge in [-0.3, -0.25) is 14.4 Å². The Hall–Kier alpha value is -2.83. The number of carboxylic acids is 1. The Labute approximate surface area is 202 Å². The highest BCUT2D eigenvalue weighted by Crippen LogP contribution is 2.56. The molecule has 2 amide bonds. The van der Waals surface area contributed by atoms with Crippen LogP contribution in [0.25, 0.3) is 0 Å². The minimum atomic E-state index is -1.24. The van der Waals surface area contributed by atoms with E-state index < -0.39 is 29.9 Å². The molecule has 6 nitrogen and oxygen atoms in total. The number of hydrogen-bond donors (Lipinski definition) is 2. The van der Waals surface area contributed by atoms with Gasteiger partial charge >= 0.3 is 5.97 Å². The maximum Gasteiger partial charge on any atom is 0.323 e. The zero-order valence-electron chi connectivity index (χ0n) is 18.3. The molecule has 2 aliphatic heterocycles. The average molecular weight is 487 g/mol. The van der Waals surface area contributed by atoms with Crippen LogP contribution in [0.15, 0.2) is 54.1 Å². The summed E-state index contributed by atoms with van der Waals surface area (Å²) in [5.74, 6) is -2.29. The van der Waals surface area contributed by atoms with Crippen LogP contribution < -0.4 is 5.32 Å². The summed E-state index contributed by atoms with van der Waals surface area (Å²) in [5, 5.41) is 13.6. The zero-order valence-corrected chi connectivity index (χ0v) is 19.8. The van der Waals surface area contributed by atoms with Gasteiger partial charge in [-0.25, -0.2) is 0 Å². The van der Waals surface area contributed by atoms with E-state index in [2.05, 4.69) is 5.32 Å². The SMILES string of the molecule is C/C=C(/CC)[C@H]1N(CC(=O)O)C(=O)C[C@@H](c2cccc(Cl)c2)[C@]12C(=O)Nc1cc(Cl)ccc12. The van der Waals surface area contributed by atoms with Crippen molar-refractivity contribution in [3.63, 3.8) is 0 Å². The molecule has 3 atom stereocenters. The first-order valence-electron chi connectivity index (χ1n) is 10.8. The van der Waals surface area contributed by atoms with Gasteiger partial charge in [-0.2, -0.15) is 0 Å². The van der Waals surface area contributed by atoms with Crippen LogP contribution in [-0.4, -0.2) is 40.4 Å². The van der Waals surface area contributed by atoms with Gasteiger partial charge in [-0.1, -0.05) is 60.0 Å². The first kappa shape index (κ1) is 23.3. The summed E-state index contributed by atoms with van der Waals surface area (Å²) in [6.45, 7) is 3.28. The molecule has 2 N–H and O–H groups in total. The van der Waals surface area contributed by atoms with E-state index >= 15 is 0 Å². The summed E-state index contributed by atoms with van der Waals surface area (Å²) in [6.07, 6.45) is 2.39. The molecule has 1 spiro atoms. The predicted octanol–water partition coefficient (Wildman–Crippen LogP) is 5.01. The number of carbonyl (C=O) groups is 3. The number of hydrogen-bond acceptors (Lipinski definition) is 3. The molecule has 2 heterocycles. The molecular formula is C25H24Cl2N2O4. The highest BCUT2D eigenvalue weighted by Gasteiger charge is 2.63. The van der Waals surface area contributed by atoms with Crippen LogP contribution in [0.3, 0.4) is 0 Å². The molecule has 2 aliphatic rings. The molecule has 33 heavy (non-hydrogen) atoms. The number of allylic oxidation sites excluding steroid dienone is 1. The predicted molar refractivity (Wildman–Crippen MR) is 128 cm³/mol. The Kier molecular flexibility index (Phi) is 6.25. The molecule has 4 rings (SSSR count). The second-order valence-electron chi connectivity index (χ2n) is 8.36. The van der Waals surface area contributed by atoms with Crippen molar-refractivity contribution in [1.29, 1.82) is 0 Å². The van der Waals surface area contributed by atoms with Crippen LogP contribution in [0, 0.1) is 0 Å². The number of likely N-dealkylation sites (tertiary alicyclic amines) is 1. The quantitative estimate of drug-likeness (QED) is 0.581. The Bertz CT molecular complexity index is 1180. The fourth-order valence-corrected chi connectivity index (χ4v) is 5.83. The van der Waals surface area contributed by atoms with Crippen molar-refractivity contribution < 1.29 is 19.5 Å². The van der Waals surface area contributed by atoms with Crippen molar-refractivity contribution in [1.82, 2.24) is 4.90 Å². The first-order valence-corrected chi connectivity index (χ1v) is 11.5. The molecule has 8 heteroatoms. The van der Waals surface area contributed by atoms with Gasteiger partial charge in [0.2, 0.25) is 11.8 Å². The molecule has 1 saturated heterocycles. The van der Waals surface area contributed by atoms with E-state index in [0.29, 0.717) is 27.7 Å². The second kappa shape index (κ2) is 8.84. The molecule has 1 fully saturated rings. The van der Waals surface area contributed by atoms with Gasteiger partial charge in [-0.05, 0) is 48.7 Å². The largest absolute Gasteiger partial charge is 0.480 e. The minimum absolute atomic E-state index is 0.0275. The maximum atomic E-state index is 14.0. The molecule has 0 unspecified atom stereocenters. The van der Waals surface area contributed by atoms with Gasteiger partial charge < -0.3 is 15.3 Å². The van der Waals surface area contributed by atoms with Crippen LogP contribution in [-0.2, 0) is 19.8 Å². The van der Waals surface area contributed by atoms with E-state index in [1.165, 1.54) is 4.90 Å². The Morgan fingerprint density at radius 2 is 1.94 bits per heavy atom. The Morgan fingerprint density at radius 1 is 1.21 bits per heavy atom. The monoisotopic (exact) mass is 486 g/mol. The van der Waals surface area contributed by atoms with Crippen LogP contribution in [0.5, 0.6) is 0 Å². The van der Waals surface area contributed by atoms with Crippen molar-refractivity contribution in [2.24, 2.45) is 0 Å². The van der Waals surface area contributed by atoms with Crippen LogP contribution in [0.4, 0.5) is 5.69 Å². The lowest BCUT2D eigenvalue weighted by Gasteiger charge is -2.51. The number of anilines is 1. The highest BCUT2D eigenvalue weighted by molar-refractivity contribution is 6.31. The fourth-order valence-electron chi connectivity index (χ4n) is 5.46. The number of nitrogens with one attached hydrogen (secondary N) is 1. The third-order valence-electron chi connectivity index (χ3n) is 6.73. The number of fused-ring (bicyclic) bond motifs is 2. The summed E-state index contributed by atoms with van der Waals surface area (Å²) >= 11 is 12.5. The van der Waals surface area contributed by atoms with Gasteiger partial charge in [0.15, 0.2) is 0 Å². The number of piperidine rings is 1. The summed E-state index contributed by atoms with van der Waals surface area (Å²) in [7, 11) is 0. The average Bonchev–Trinajstić information content (AvgIpc) is 3.04. The zero-order chi connectivity index (χ0) is 23.9. The van der Waals surface area contributed by atoms with Crippen molar-refractivity contribution in [2.75, 3.05) is 11.9 Å². The maximum absolute atomic E-state index is 14.0. The first-order chi connectivity index (χ1) is 15.7. The van der Waals surface area contributed by atoms with Gasteiger partial charge in [0.05, 0.1) is 6.04 Å². The Balaban J connectivity index is 2.07. The number of carboxylic acid groups (broad SMARTS) is 1. The molecule has 0 aliphatic carbocycles. The van der Waals surface area contributed by atoms with Crippen molar-refractivity contribution >= 4 is 46.7 Å². The van der Waals surface area contributed by atoms with Crippen LogP contribution >= 0.6 is 23.2 Å². The highest BCUT2D eigenvalue weighted by atomic mass is 35.5. The lowest BCUT2D eigenvalue weighted by molar-refractivity contribution is -0.152. The summed E-state index contributed by atoms with van der Waals surface area (Å²) in [6, 6.07) is 11.6. The van der Waals surface area contributed by atoms with Gasteiger partial charge in [0.1, 0.15) is 12.0 Å². The molecular weight excluding hydrogens is 463 g/mol. The van der Waals surface area contributed by atoms with Gasteiger partial charge in [0.25, 0.3) is 0 Å².